The molecule has 5 nitrogen and oxygen atoms in total. The number of hydrogen-bond donors (Lipinski definition) is 1. The fraction of sp³-hybridized carbons (Fsp3) is 0.500. The molecule has 5 heteroatoms. The summed E-state index contributed by atoms with van der Waals surface area (Å²) in [5.41, 5.74) is 3.27. The van der Waals surface area contributed by atoms with Crippen LogP contribution in [0.25, 0.3) is 5.82 Å². The summed E-state index contributed by atoms with van der Waals surface area (Å²) in [5.74, 6) is 1.60. The van der Waals surface area contributed by atoms with Crippen molar-refractivity contribution >= 4 is 0 Å². The van der Waals surface area contributed by atoms with E-state index >= 15 is 0 Å². The van der Waals surface area contributed by atoms with Gasteiger partial charge in [-0.05, 0) is 20.8 Å². The average Bonchev–Trinajstić information content (AvgIpc) is 2.66. The molecule has 0 spiro atoms. The fourth-order valence-corrected chi connectivity index (χ4v) is 1.97. The minimum absolute atomic E-state index is 0.464. The van der Waals surface area contributed by atoms with Gasteiger partial charge in [-0.25, -0.2) is 14.6 Å². The molecule has 2 heterocycles. The van der Waals surface area contributed by atoms with E-state index in [4.69, 9.17) is 0 Å². The fourth-order valence-electron chi connectivity index (χ4n) is 1.97. The Morgan fingerprint density at radius 2 is 1.95 bits per heavy atom. The molecule has 0 saturated carbocycles. The number of rotatable bonds is 4. The lowest BCUT2D eigenvalue weighted by Crippen LogP contribution is -2.22. The summed E-state index contributed by atoms with van der Waals surface area (Å²) in [5, 5.41) is 7.84. The highest BCUT2D eigenvalue weighted by Gasteiger charge is 2.10. The highest BCUT2D eigenvalue weighted by atomic mass is 15.3. The summed E-state index contributed by atoms with van der Waals surface area (Å²) in [4.78, 5) is 8.73. The molecule has 0 atom stereocenters. The van der Waals surface area contributed by atoms with Gasteiger partial charge in [0.05, 0.1) is 6.20 Å². The predicted octanol–water partition coefficient (Wildman–Crippen LogP) is 2.09. The van der Waals surface area contributed by atoms with E-state index in [1.165, 1.54) is 5.56 Å². The normalized spacial score (nSPS) is 11.3. The van der Waals surface area contributed by atoms with E-state index < -0.39 is 0 Å². The Morgan fingerprint density at radius 1 is 1.21 bits per heavy atom. The van der Waals surface area contributed by atoms with Crippen LogP contribution in [-0.2, 0) is 6.54 Å². The zero-order chi connectivity index (χ0) is 14.0. The van der Waals surface area contributed by atoms with Gasteiger partial charge in [0, 0.05) is 35.6 Å². The molecule has 0 fully saturated rings. The molecule has 0 unspecified atom stereocenters. The number of aryl methyl sites for hydroxylation is 2. The molecule has 0 aliphatic carbocycles. The van der Waals surface area contributed by atoms with Crippen molar-refractivity contribution in [3.05, 3.63) is 35.0 Å². The predicted molar refractivity (Wildman–Crippen MR) is 75.3 cm³/mol. The van der Waals surface area contributed by atoms with Crippen molar-refractivity contribution in [2.75, 3.05) is 0 Å². The van der Waals surface area contributed by atoms with Gasteiger partial charge in [0.2, 0.25) is 0 Å². The minimum atomic E-state index is 0.464. The average molecular weight is 259 g/mol. The van der Waals surface area contributed by atoms with Crippen LogP contribution in [-0.4, -0.2) is 25.8 Å². The van der Waals surface area contributed by atoms with Crippen LogP contribution < -0.4 is 5.32 Å². The van der Waals surface area contributed by atoms with E-state index in [0.29, 0.717) is 6.04 Å². The highest BCUT2D eigenvalue weighted by molar-refractivity contribution is 5.29. The van der Waals surface area contributed by atoms with Crippen LogP contribution in [0.3, 0.4) is 0 Å². The quantitative estimate of drug-likeness (QED) is 0.913. The van der Waals surface area contributed by atoms with Gasteiger partial charge in [0.1, 0.15) is 5.82 Å². The van der Waals surface area contributed by atoms with Gasteiger partial charge in [-0.15, -0.1) is 0 Å². The minimum Gasteiger partial charge on any atom is -0.310 e. The van der Waals surface area contributed by atoms with E-state index in [1.54, 1.807) is 0 Å². The first kappa shape index (κ1) is 13.7. The first-order valence-corrected chi connectivity index (χ1v) is 6.57. The Hall–Kier alpha value is -1.75. The van der Waals surface area contributed by atoms with Gasteiger partial charge in [0.15, 0.2) is 5.82 Å². The van der Waals surface area contributed by atoms with Crippen LogP contribution >= 0.6 is 0 Å². The van der Waals surface area contributed by atoms with Gasteiger partial charge in [-0.2, -0.15) is 5.10 Å². The van der Waals surface area contributed by atoms with Gasteiger partial charge >= 0.3 is 0 Å². The number of nitrogens with one attached hydrogen (secondary N) is 1. The summed E-state index contributed by atoms with van der Waals surface area (Å²) >= 11 is 0. The first-order chi connectivity index (χ1) is 8.97. The summed E-state index contributed by atoms with van der Waals surface area (Å²) in [6, 6.07) is 2.42. The van der Waals surface area contributed by atoms with Crippen LogP contribution in [0.1, 0.15) is 36.6 Å². The smallest absolute Gasteiger partial charge is 0.157 e. The molecule has 0 bridgehead atoms. The standard InChI is InChI=1S/C14H21N5/c1-9(2)15-7-13-8-16-19(11(13)4)14-6-10(3)17-12(5)18-14/h6,8-9,15H,7H2,1-5H3. The third-order valence-electron chi connectivity index (χ3n) is 2.98. The Labute approximate surface area is 114 Å². The molecule has 0 saturated heterocycles. The second-order valence-corrected chi connectivity index (χ2v) is 5.12. The molecule has 0 amide bonds. The largest absolute Gasteiger partial charge is 0.310 e. The number of nitrogens with zero attached hydrogens (tertiary/aromatic N) is 4. The van der Waals surface area contributed by atoms with Crippen LogP contribution in [0.5, 0.6) is 0 Å². The molecule has 2 aromatic rings. The first-order valence-electron chi connectivity index (χ1n) is 6.57. The highest BCUT2D eigenvalue weighted by Crippen LogP contribution is 2.13. The van der Waals surface area contributed by atoms with Crippen LogP contribution in [0.2, 0.25) is 0 Å². The van der Waals surface area contributed by atoms with Crippen molar-refractivity contribution in [1.82, 2.24) is 25.1 Å². The zero-order valence-electron chi connectivity index (χ0n) is 12.2. The van der Waals surface area contributed by atoms with Crippen molar-refractivity contribution in [2.45, 2.75) is 47.2 Å². The van der Waals surface area contributed by atoms with E-state index in [2.05, 4.69) is 41.2 Å². The lowest BCUT2D eigenvalue weighted by Gasteiger charge is -2.08. The van der Waals surface area contributed by atoms with Gasteiger partial charge in [-0.3, -0.25) is 0 Å². The van der Waals surface area contributed by atoms with E-state index in [0.717, 1.165) is 29.6 Å². The molecule has 1 N–H and O–H groups in total. The number of hydrogen-bond acceptors (Lipinski definition) is 4. The molecular weight excluding hydrogens is 238 g/mol. The molecule has 0 radical (unpaired) electrons. The molecule has 2 rings (SSSR count). The van der Waals surface area contributed by atoms with Crippen molar-refractivity contribution in [1.29, 1.82) is 0 Å². The molecule has 0 aliphatic heterocycles. The van der Waals surface area contributed by atoms with Crippen molar-refractivity contribution in [3.8, 4) is 5.82 Å². The second-order valence-electron chi connectivity index (χ2n) is 5.12. The maximum absolute atomic E-state index is 4.44. The number of aromatic nitrogens is 4. The molecule has 19 heavy (non-hydrogen) atoms. The van der Waals surface area contributed by atoms with E-state index in [1.807, 2.05) is 30.8 Å². The van der Waals surface area contributed by atoms with Crippen molar-refractivity contribution < 1.29 is 0 Å². The molecular formula is C14H21N5. The summed E-state index contributed by atoms with van der Waals surface area (Å²) in [6.45, 7) is 11.0. The topological polar surface area (TPSA) is 55.6 Å². The molecule has 0 aliphatic rings. The summed E-state index contributed by atoms with van der Waals surface area (Å²) in [7, 11) is 0. The Kier molecular flexibility index (Phi) is 3.95. The van der Waals surface area contributed by atoms with Crippen molar-refractivity contribution in [2.24, 2.45) is 0 Å². The zero-order valence-corrected chi connectivity index (χ0v) is 12.2. The Balaban J connectivity index is 2.30. The van der Waals surface area contributed by atoms with Gasteiger partial charge in [0.25, 0.3) is 0 Å². The van der Waals surface area contributed by atoms with Crippen LogP contribution in [0.4, 0.5) is 0 Å². The van der Waals surface area contributed by atoms with Crippen LogP contribution in [0.15, 0.2) is 12.3 Å². The molecule has 102 valence electrons. The molecule has 0 aromatic carbocycles. The SMILES string of the molecule is Cc1cc(-n2ncc(CNC(C)C)c2C)nc(C)n1. The van der Waals surface area contributed by atoms with Crippen molar-refractivity contribution in [3.63, 3.8) is 0 Å². The third kappa shape index (κ3) is 3.17. The van der Waals surface area contributed by atoms with Gasteiger partial charge < -0.3 is 5.32 Å². The Morgan fingerprint density at radius 3 is 2.58 bits per heavy atom. The third-order valence-corrected chi connectivity index (χ3v) is 2.98. The van der Waals surface area contributed by atoms with Gasteiger partial charge in [-0.1, -0.05) is 13.8 Å². The summed E-state index contributed by atoms with van der Waals surface area (Å²) in [6.07, 6.45) is 1.90. The Bertz CT molecular complexity index is 551. The van der Waals surface area contributed by atoms with E-state index in [-0.39, 0.29) is 0 Å². The monoisotopic (exact) mass is 259 g/mol. The van der Waals surface area contributed by atoms with Crippen LogP contribution in [0, 0.1) is 20.8 Å². The summed E-state index contributed by atoms with van der Waals surface area (Å²) < 4.78 is 1.87. The lowest BCUT2D eigenvalue weighted by molar-refractivity contribution is 0.587. The second kappa shape index (κ2) is 5.48. The molecule has 2 aromatic heterocycles. The maximum atomic E-state index is 4.44. The van der Waals surface area contributed by atoms with E-state index in [9.17, 15) is 0 Å². The lowest BCUT2D eigenvalue weighted by atomic mass is 10.2. The maximum Gasteiger partial charge on any atom is 0.157 e.